The normalized spacial score (nSPS) is 20.2. The highest BCUT2D eigenvalue weighted by Gasteiger charge is 2.31. The van der Waals surface area contributed by atoms with Crippen LogP contribution in [0.1, 0.15) is 45.9 Å². The molecule has 3 rings (SSSR count). The smallest absolute Gasteiger partial charge is 0.254 e. The molecule has 1 aromatic heterocycles. The molecule has 0 N–H and O–H groups in total. The molecule has 0 bridgehead atoms. The minimum Gasteiger partial charge on any atom is -0.339 e. The van der Waals surface area contributed by atoms with Crippen LogP contribution < -0.4 is 5.56 Å². The Kier molecular flexibility index (Phi) is 5.14. The molecule has 8 heteroatoms. The maximum atomic E-state index is 12.7. The monoisotopic (exact) mass is 378 g/mol. The van der Waals surface area contributed by atoms with Crippen molar-refractivity contribution >= 4 is 23.6 Å². The van der Waals surface area contributed by atoms with Crippen LogP contribution in [0.5, 0.6) is 0 Å². The number of nitrogens with zero attached hydrogens (tertiary/aromatic N) is 4. The number of piperazine rings is 1. The first kappa shape index (κ1) is 18.9. The van der Waals surface area contributed by atoms with Crippen molar-refractivity contribution < 1.29 is 9.59 Å². The maximum Gasteiger partial charge on any atom is 0.254 e. The molecule has 1 atom stereocenters. The van der Waals surface area contributed by atoms with Crippen LogP contribution in [-0.4, -0.2) is 63.1 Å². The van der Waals surface area contributed by atoms with E-state index < -0.39 is 0 Å². The van der Waals surface area contributed by atoms with Crippen molar-refractivity contribution in [2.24, 2.45) is 0 Å². The summed E-state index contributed by atoms with van der Waals surface area (Å²) in [4.78, 5) is 44.9. The Morgan fingerprint density at radius 3 is 2.38 bits per heavy atom. The zero-order valence-corrected chi connectivity index (χ0v) is 16.6. The molecule has 26 heavy (non-hydrogen) atoms. The molecule has 1 saturated heterocycles. The number of fused-ring (bicyclic) bond motifs is 1. The second-order valence-corrected chi connectivity index (χ2v) is 8.93. The molecule has 0 radical (unpaired) electrons. The first-order chi connectivity index (χ1) is 12.2. The Hall–Kier alpha value is -1.83. The van der Waals surface area contributed by atoms with Gasteiger partial charge in [0.2, 0.25) is 11.8 Å². The van der Waals surface area contributed by atoms with E-state index in [1.165, 1.54) is 0 Å². The molecular weight excluding hydrogens is 352 g/mol. The van der Waals surface area contributed by atoms with Crippen molar-refractivity contribution in [1.82, 2.24) is 19.4 Å². The van der Waals surface area contributed by atoms with Crippen LogP contribution in [0.2, 0.25) is 0 Å². The summed E-state index contributed by atoms with van der Waals surface area (Å²) in [5.41, 5.74) is 0.525. The van der Waals surface area contributed by atoms with E-state index in [1.54, 1.807) is 39.1 Å². The number of hydrogen-bond acceptors (Lipinski definition) is 5. The third-order valence-electron chi connectivity index (χ3n) is 4.95. The summed E-state index contributed by atoms with van der Waals surface area (Å²) in [6.45, 7) is 9.92. The Bertz CT molecular complexity index is 776. The fraction of sp³-hybridized carbons (Fsp3) is 0.667. The topological polar surface area (TPSA) is 75.5 Å². The molecule has 0 saturated carbocycles. The Labute approximate surface area is 157 Å². The fourth-order valence-corrected chi connectivity index (χ4v) is 4.44. The van der Waals surface area contributed by atoms with Crippen LogP contribution >= 0.6 is 11.8 Å². The minimum absolute atomic E-state index is 0.0402. The van der Waals surface area contributed by atoms with Gasteiger partial charge in [-0.2, -0.15) is 0 Å². The SMILES string of the molecule is CC(=O)N1CCN(C(=O)CC2CSc3nc(C(C)(C)C)cc(=O)n32)CC1. The lowest BCUT2D eigenvalue weighted by Crippen LogP contribution is -2.50. The van der Waals surface area contributed by atoms with E-state index in [0.717, 1.165) is 5.69 Å². The Morgan fingerprint density at radius 1 is 1.19 bits per heavy atom. The number of carbonyl (C=O) groups excluding carboxylic acids is 2. The van der Waals surface area contributed by atoms with Gasteiger partial charge < -0.3 is 9.80 Å². The summed E-state index contributed by atoms with van der Waals surface area (Å²) in [6, 6.07) is 1.45. The molecule has 1 unspecified atom stereocenters. The first-order valence-electron chi connectivity index (χ1n) is 8.97. The second-order valence-electron chi connectivity index (χ2n) is 7.94. The van der Waals surface area contributed by atoms with E-state index in [4.69, 9.17) is 0 Å². The van der Waals surface area contributed by atoms with Crippen LogP contribution in [0.15, 0.2) is 16.0 Å². The molecule has 2 aliphatic rings. The fourth-order valence-electron chi connectivity index (χ4n) is 3.29. The van der Waals surface area contributed by atoms with Gasteiger partial charge in [-0.25, -0.2) is 4.98 Å². The van der Waals surface area contributed by atoms with Gasteiger partial charge in [-0.1, -0.05) is 32.5 Å². The lowest BCUT2D eigenvalue weighted by atomic mass is 9.92. The molecule has 0 spiro atoms. The Morgan fingerprint density at radius 2 is 1.81 bits per heavy atom. The number of aromatic nitrogens is 2. The standard InChI is InChI=1S/C18H26N4O3S/c1-12(23)20-5-7-21(8-6-20)15(24)9-13-11-26-17-19-14(18(2,3)4)10-16(25)22(13)17/h10,13H,5-9,11H2,1-4H3. The van der Waals surface area contributed by atoms with E-state index in [0.29, 0.717) is 43.5 Å². The molecule has 3 heterocycles. The van der Waals surface area contributed by atoms with Gasteiger partial charge in [0.15, 0.2) is 5.16 Å². The van der Waals surface area contributed by atoms with Gasteiger partial charge in [0.25, 0.3) is 5.56 Å². The van der Waals surface area contributed by atoms with Gasteiger partial charge in [0, 0.05) is 56.8 Å². The summed E-state index contributed by atoms with van der Waals surface area (Å²) >= 11 is 1.54. The lowest BCUT2D eigenvalue weighted by Gasteiger charge is -2.34. The summed E-state index contributed by atoms with van der Waals surface area (Å²) in [5, 5.41) is 0.710. The number of carbonyl (C=O) groups is 2. The van der Waals surface area contributed by atoms with Gasteiger partial charge >= 0.3 is 0 Å². The number of hydrogen-bond donors (Lipinski definition) is 0. The molecule has 0 aromatic carbocycles. The van der Waals surface area contributed by atoms with E-state index in [9.17, 15) is 14.4 Å². The molecule has 7 nitrogen and oxygen atoms in total. The molecule has 1 fully saturated rings. The highest BCUT2D eigenvalue weighted by molar-refractivity contribution is 7.99. The van der Waals surface area contributed by atoms with Crippen molar-refractivity contribution in [2.45, 2.75) is 50.7 Å². The van der Waals surface area contributed by atoms with Crippen LogP contribution in [0, 0.1) is 0 Å². The average molecular weight is 378 g/mol. The lowest BCUT2D eigenvalue weighted by molar-refractivity contribution is -0.138. The minimum atomic E-state index is -0.181. The number of thioether (sulfide) groups is 1. The summed E-state index contributed by atoms with van der Waals surface area (Å²) in [6.07, 6.45) is 0.302. The Balaban J connectivity index is 1.70. The van der Waals surface area contributed by atoms with Crippen LogP contribution in [-0.2, 0) is 15.0 Å². The third-order valence-corrected chi connectivity index (χ3v) is 6.04. The van der Waals surface area contributed by atoms with E-state index in [-0.39, 0.29) is 28.8 Å². The molecule has 2 amide bonds. The highest BCUT2D eigenvalue weighted by atomic mass is 32.2. The van der Waals surface area contributed by atoms with Gasteiger partial charge in [-0.05, 0) is 0 Å². The molecule has 0 aliphatic carbocycles. The summed E-state index contributed by atoms with van der Waals surface area (Å²) in [5.74, 6) is 0.776. The molecule has 2 aliphatic heterocycles. The van der Waals surface area contributed by atoms with E-state index >= 15 is 0 Å². The summed E-state index contributed by atoms with van der Waals surface area (Å²) in [7, 11) is 0. The van der Waals surface area contributed by atoms with E-state index in [2.05, 4.69) is 4.98 Å². The average Bonchev–Trinajstić information content (AvgIpc) is 2.97. The van der Waals surface area contributed by atoms with Crippen LogP contribution in [0.25, 0.3) is 0 Å². The van der Waals surface area contributed by atoms with Gasteiger partial charge in [0.1, 0.15) is 0 Å². The molecule has 142 valence electrons. The van der Waals surface area contributed by atoms with Crippen molar-refractivity contribution in [2.75, 3.05) is 31.9 Å². The number of amides is 2. The molecule has 1 aromatic rings. The predicted octanol–water partition coefficient (Wildman–Crippen LogP) is 1.27. The van der Waals surface area contributed by atoms with Crippen molar-refractivity contribution in [3.05, 3.63) is 22.1 Å². The second kappa shape index (κ2) is 7.06. The summed E-state index contributed by atoms with van der Waals surface area (Å²) < 4.78 is 1.67. The zero-order valence-electron chi connectivity index (χ0n) is 15.8. The molecular formula is C18H26N4O3S. The zero-order chi connectivity index (χ0) is 19.1. The predicted molar refractivity (Wildman–Crippen MR) is 100 cm³/mol. The third kappa shape index (κ3) is 3.79. The van der Waals surface area contributed by atoms with Crippen molar-refractivity contribution in [3.8, 4) is 0 Å². The largest absolute Gasteiger partial charge is 0.339 e. The van der Waals surface area contributed by atoms with Gasteiger partial charge in [-0.3, -0.25) is 19.0 Å². The van der Waals surface area contributed by atoms with Gasteiger partial charge in [0.05, 0.1) is 11.7 Å². The van der Waals surface area contributed by atoms with Crippen molar-refractivity contribution in [1.29, 1.82) is 0 Å². The quantitative estimate of drug-likeness (QED) is 0.725. The van der Waals surface area contributed by atoms with Crippen LogP contribution in [0.3, 0.4) is 0 Å². The number of rotatable bonds is 2. The first-order valence-corrected chi connectivity index (χ1v) is 9.95. The van der Waals surface area contributed by atoms with Crippen molar-refractivity contribution in [3.63, 3.8) is 0 Å². The van der Waals surface area contributed by atoms with Gasteiger partial charge in [-0.15, -0.1) is 0 Å². The highest BCUT2D eigenvalue weighted by Crippen LogP contribution is 2.33. The van der Waals surface area contributed by atoms with E-state index in [1.807, 2.05) is 20.8 Å². The van der Waals surface area contributed by atoms with Crippen LogP contribution in [0.4, 0.5) is 0 Å². The maximum absolute atomic E-state index is 12.7.